The van der Waals surface area contributed by atoms with Crippen LogP contribution in [0.2, 0.25) is 0 Å². The number of anilines is 1. The molecule has 1 aromatic carbocycles. The van der Waals surface area contributed by atoms with E-state index in [0.29, 0.717) is 5.69 Å². The predicted octanol–water partition coefficient (Wildman–Crippen LogP) is 3.11. The van der Waals surface area contributed by atoms with E-state index in [9.17, 15) is 9.90 Å². The molecule has 0 unspecified atom stereocenters. The number of aromatic hydroxyl groups is 1. The Morgan fingerprint density at radius 3 is 2.72 bits per heavy atom. The standard InChI is InChI=1S/C14H15NO3/c1-3-11-6-7-13(18-11)14(17)15-10-5-4-9(2)12(16)8-10/h4-8,16H,3H2,1-2H3,(H,15,17). The number of amides is 1. The average Bonchev–Trinajstić information content (AvgIpc) is 2.82. The molecule has 0 aliphatic carbocycles. The van der Waals surface area contributed by atoms with Crippen LogP contribution in [0.1, 0.15) is 28.8 Å². The lowest BCUT2D eigenvalue weighted by atomic mass is 10.2. The summed E-state index contributed by atoms with van der Waals surface area (Å²) >= 11 is 0. The molecule has 0 saturated carbocycles. The van der Waals surface area contributed by atoms with Gasteiger partial charge in [-0.3, -0.25) is 4.79 Å². The van der Waals surface area contributed by atoms with Gasteiger partial charge >= 0.3 is 0 Å². The Kier molecular flexibility index (Phi) is 3.37. The third-order valence-electron chi connectivity index (χ3n) is 2.70. The van der Waals surface area contributed by atoms with Crippen LogP contribution < -0.4 is 5.32 Å². The molecule has 0 fully saturated rings. The van der Waals surface area contributed by atoms with Crippen LogP contribution in [0.4, 0.5) is 5.69 Å². The van der Waals surface area contributed by atoms with Crippen LogP contribution in [-0.4, -0.2) is 11.0 Å². The quantitative estimate of drug-likeness (QED) is 0.873. The lowest BCUT2D eigenvalue weighted by Gasteiger charge is -2.05. The van der Waals surface area contributed by atoms with Gasteiger partial charge in [0.1, 0.15) is 11.5 Å². The molecule has 2 N–H and O–H groups in total. The molecule has 0 spiro atoms. The highest BCUT2D eigenvalue weighted by molar-refractivity contribution is 6.02. The first-order valence-electron chi connectivity index (χ1n) is 5.80. The summed E-state index contributed by atoms with van der Waals surface area (Å²) in [7, 11) is 0. The molecule has 4 heteroatoms. The van der Waals surface area contributed by atoms with Crippen molar-refractivity contribution in [3.63, 3.8) is 0 Å². The van der Waals surface area contributed by atoms with Crippen LogP contribution in [0, 0.1) is 6.92 Å². The topological polar surface area (TPSA) is 62.5 Å². The minimum Gasteiger partial charge on any atom is -0.508 e. The van der Waals surface area contributed by atoms with Crippen molar-refractivity contribution in [2.24, 2.45) is 0 Å². The fraction of sp³-hybridized carbons (Fsp3) is 0.214. The summed E-state index contributed by atoms with van der Waals surface area (Å²) in [5.41, 5.74) is 1.30. The van der Waals surface area contributed by atoms with Gasteiger partial charge in [-0.15, -0.1) is 0 Å². The zero-order chi connectivity index (χ0) is 13.1. The van der Waals surface area contributed by atoms with E-state index in [1.54, 1.807) is 31.2 Å². The van der Waals surface area contributed by atoms with E-state index in [0.717, 1.165) is 17.7 Å². The number of hydrogen-bond donors (Lipinski definition) is 2. The molecule has 18 heavy (non-hydrogen) atoms. The highest BCUT2D eigenvalue weighted by Crippen LogP contribution is 2.21. The molecule has 2 aromatic rings. The molecule has 0 atom stereocenters. The highest BCUT2D eigenvalue weighted by atomic mass is 16.3. The van der Waals surface area contributed by atoms with Crippen LogP contribution in [0.15, 0.2) is 34.7 Å². The van der Waals surface area contributed by atoms with Crippen molar-refractivity contribution in [1.29, 1.82) is 0 Å². The van der Waals surface area contributed by atoms with E-state index in [2.05, 4.69) is 5.32 Å². The summed E-state index contributed by atoms with van der Waals surface area (Å²) in [6.45, 7) is 3.75. The number of benzene rings is 1. The summed E-state index contributed by atoms with van der Waals surface area (Å²) in [6, 6.07) is 8.40. The smallest absolute Gasteiger partial charge is 0.291 e. The molecule has 4 nitrogen and oxygen atoms in total. The number of rotatable bonds is 3. The van der Waals surface area contributed by atoms with E-state index >= 15 is 0 Å². The maximum absolute atomic E-state index is 11.9. The second-order valence-electron chi connectivity index (χ2n) is 4.07. The van der Waals surface area contributed by atoms with Crippen molar-refractivity contribution in [2.75, 3.05) is 5.32 Å². The second-order valence-corrected chi connectivity index (χ2v) is 4.07. The summed E-state index contributed by atoms with van der Waals surface area (Å²) in [5.74, 6) is 0.873. The fourth-order valence-corrected chi connectivity index (χ4v) is 1.57. The van der Waals surface area contributed by atoms with E-state index in [1.807, 2.05) is 6.92 Å². The molecule has 0 saturated heterocycles. The van der Waals surface area contributed by atoms with Crippen molar-refractivity contribution in [2.45, 2.75) is 20.3 Å². The van der Waals surface area contributed by atoms with Crippen molar-refractivity contribution >= 4 is 11.6 Å². The van der Waals surface area contributed by atoms with Gasteiger partial charge < -0.3 is 14.8 Å². The minimum absolute atomic E-state index is 0.154. The Morgan fingerprint density at radius 2 is 2.11 bits per heavy atom. The first-order valence-corrected chi connectivity index (χ1v) is 5.80. The van der Waals surface area contributed by atoms with E-state index in [-0.39, 0.29) is 17.4 Å². The average molecular weight is 245 g/mol. The molecule has 94 valence electrons. The zero-order valence-electron chi connectivity index (χ0n) is 10.4. The van der Waals surface area contributed by atoms with Crippen molar-refractivity contribution in [1.82, 2.24) is 0 Å². The number of carbonyl (C=O) groups is 1. The molecule has 0 aliphatic rings. The van der Waals surface area contributed by atoms with Gasteiger partial charge in [-0.05, 0) is 30.7 Å². The molecule has 1 amide bonds. The van der Waals surface area contributed by atoms with Crippen molar-refractivity contribution in [3.05, 3.63) is 47.4 Å². The maximum atomic E-state index is 11.9. The van der Waals surface area contributed by atoms with Gasteiger partial charge in [0.15, 0.2) is 5.76 Å². The van der Waals surface area contributed by atoms with Crippen LogP contribution in [-0.2, 0) is 6.42 Å². The largest absolute Gasteiger partial charge is 0.508 e. The third kappa shape index (κ3) is 2.53. The number of carbonyl (C=O) groups excluding carboxylic acids is 1. The van der Waals surface area contributed by atoms with Gasteiger partial charge in [0.25, 0.3) is 5.91 Å². The molecular weight excluding hydrogens is 230 g/mol. The molecule has 0 bridgehead atoms. The van der Waals surface area contributed by atoms with E-state index < -0.39 is 0 Å². The van der Waals surface area contributed by atoms with Crippen molar-refractivity contribution in [3.8, 4) is 5.75 Å². The van der Waals surface area contributed by atoms with E-state index in [4.69, 9.17) is 4.42 Å². The highest BCUT2D eigenvalue weighted by Gasteiger charge is 2.11. The summed E-state index contributed by atoms with van der Waals surface area (Å²) in [4.78, 5) is 11.9. The Labute approximate surface area is 105 Å². The Morgan fingerprint density at radius 1 is 1.33 bits per heavy atom. The SMILES string of the molecule is CCc1ccc(C(=O)Nc2ccc(C)c(O)c2)o1. The van der Waals surface area contributed by atoms with Gasteiger partial charge in [0, 0.05) is 18.2 Å². The van der Waals surface area contributed by atoms with Crippen LogP contribution in [0.5, 0.6) is 5.75 Å². The Bertz CT molecular complexity index is 572. The molecule has 1 aromatic heterocycles. The number of nitrogens with one attached hydrogen (secondary N) is 1. The van der Waals surface area contributed by atoms with Crippen LogP contribution in [0.25, 0.3) is 0 Å². The van der Waals surface area contributed by atoms with Gasteiger partial charge in [0.2, 0.25) is 0 Å². The normalized spacial score (nSPS) is 10.3. The van der Waals surface area contributed by atoms with E-state index in [1.165, 1.54) is 6.07 Å². The molecule has 2 rings (SSSR count). The van der Waals surface area contributed by atoms with Crippen LogP contribution >= 0.6 is 0 Å². The predicted molar refractivity (Wildman–Crippen MR) is 68.9 cm³/mol. The van der Waals surface area contributed by atoms with Gasteiger partial charge in [-0.25, -0.2) is 0 Å². The number of furan rings is 1. The van der Waals surface area contributed by atoms with Crippen LogP contribution in [0.3, 0.4) is 0 Å². The Balaban J connectivity index is 2.13. The number of phenols is 1. The summed E-state index contributed by atoms with van der Waals surface area (Å²) in [6.07, 6.45) is 0.749. The molecule has 0 radical (unpaired) electrons. The Hall–Kier alpha value is -2.23. The minimum atomic E-state index is -0.321. The third-order valence-corrected chi connectivity index (χ3v) is 2.70. The monoisotopic (exact) mass is 245 g/mol. The molecular formula is C14H15NO3. The zero-order valence-corrected chi connectivity index (χ0v) is 10.4. The van der Waals surface area contributed by atoms with Gasteiger partial charge in [-0.2, -0.15) is 0 Å². The first-order chi connectivity index (χ1) is 8.60. The first kappa shape index (κ1) is 12.2. The lowest BCUT2D eigenvalue weighted by molar-refractivity contribution is 0.0995. The summed E-state index contributed by atoms with van der Waals surface area (Å²) < 4.78 is 5.35. The second kappa shape index (κ2) is 4.96. The fourth-order valence-electron chi connectivity index (χ4n) is 1.57. The van der Waals surface area contributed by atoms with Gasteiger partial charge in [0.05, 0.1) is 0 Å². The number of hydrogen-bond acceptors (Lipinski definition) is 3. The maximum Gasteiger partial charge on any atom is 0.291 e. The number of phenolic OH excluding ortho intramolecular Hbond substituents is 1. The number of aryl methyl sites for hydroxylation is 2. The molecule has 0 aliphatic heterocycles. The molecule has 1 heterocycles. The van der Waals surface area contributed by atoms with Gasteiger partial charge in [-0.1, -0.05) is 13.0 Å². The lowest BCUT2D eigenvalue weighted by Crippen LogP contribution is -2.10. The summed E-state index contributed by atoms with van der Waals surface area (Å²) in [5, 5.41) is 12.2. The van der Waals surface area contributed by atoms with Crippen molar-refractivity contribution < 1.29 is 14.3 Å².